The van der Waals surface area contributed by atoms with Crippen LogP contribution >= 0.6 is 27.5 Å². The van der Waals surface area contributed by atoms with E-state index in [1.807, 2.05) is 85.7 Å². The van der Waals surface area contributed by atoms with Crippen molar-refractivity contribution in [3.8, 4) is 0 Å². The van der Waals surface area contributed by atoms with Crippen LogP contribution < -0.4 is 9.80 Å². The minimum atomic E-state index is -0.168. The topological polar surface area (TPSA) is 35.9 Å². The summed E-state index contributed by atoms with van der Waals surface area (Å²) in [6, 6.07) is 22.9. The van der Waals surface area contributed by atoms with Crippen molar-refractivity contribution in [1.29, 1.82) is 0 Å². The number of amidine groups is 1. The third-order valence-corrected chi connectivity index (χ3v) is 5.54. The fraction of sp³-hybridized carbons (Fsp3) is 0.0833. The number of hydrogen-bond acceptors (Lipinski definition) is 3. The van der Waals surface area contributed by atoms with E-state index in [0.717, 1.165) is 27.0 Å². The summed E-state index contributed by atoms with van der Waals surface area (Å²) in [5.74, 6) is 0.411. The van der Waals surface area contributed by atoms with Gasteiger partial charge in [0, 0.05) is 34.8 Å². The van der Waals surface area contributed by atoms with Gasteiger partial charge in [-0.2, -0.15) is 0 Å². The summed E-state index contributed by atoms with van der Waals surface area (Å²) in [5.41, 5.74) is 3.98. The smallest absolute Gasteiger partial charge is 0.282 e. The Morgan fingerprint density at radius 3 is 2.17 bits per heavy atom. The maximum absolute atomic E-state index is 13.3. The van der Waals surface area contributed by atoms with Gasteiger partial charge in [0.15, 0.2) is 0 Å². The number of nitrogens with zero attached hydrogens (tertiary/aromatic N) is 3. The number of aliphatic imine (C=N–C) groups is 1. The van der Waals surface area contributed by atoms with Gasteiger partial charge in [0.2, 0.25) is 0 Å². The lowest BCUT2D eigenvalue weighted by atomic mass is 10.1. The molecule has 0 aromatic heterocycles. The van der Waals surface area contributed by atoms with E-state index in [0.29, 0.717) is 16.6 Å². The molecule has 0 aliphatic carbocycles. The maximum Gasteiger partial charge on any atom is 0.282 e. The van der Waals surface area contributed by atoms with Gasteiger partial charge < -0.3 is 4.90 Å². The van der Waals surface area contributed by atoms with E-state index in [1.54, 1.807) is 17.0 Å². The molecule has 0 atom stereocenters. The first-order valence-electron chi connectivity index (χ1n) is 9.36. The van der Waals surface area contributed by atoms with E-state index in [1.165, 1.54) is 0 Å². The van der Waals surface area contributed by atoms with Crippen LogP contribution in [0.25, 0.3) is 6.08 Å². The molecule has 1 amide bonds. The second kappa shape index (κ2) is 8.46. The van der Waals surface area contributed by atoms with E-state index in [-0.39, 0.29) is 5.91 Å². The summed E-state index contributed by atoms with van der Waals surface area (Å²) in [5, 5.41) is 0.635. The molecule has 150 valence electrons. The van der Waals surface area contributed by atoms with Gasteiger partial charge in [0.05, 0.1) is 5.69 Å². The molecular weight excluding hydrogens is 462 g/mol. The van der Waals surface area contributed by atoms with Crippen LogP contribution in [0.3, 0.4) is 0 Å². The highest BCUT2D eigenvalue weighted by molar-refractivity contribution is 9.10. The summed E-state index contributed by atoms with van der Waals surface area (Å²) < 4.78 is 0.944. The van der Waals surface area contributed by atoms with Gasteiger partial charge in [-0.3, -0.25) is 9.69 Å². The average Bonchev–Trinajstić information content (AvgIpc) is 3.06. The minimum Gasteiger partial charge on any atom is -0.378 e. The predicted molar refractivity (Wildman–Crippen MR) is 128 cm³/mol. The standard InChI is InChI=1S/C24H19BrClN3O/c1-28(2)20-11-3-16(4-12-20)15-22-24(30)29(21-13-7-18(25)8-14-21)23(27-22)17-5-9-19(26)10-6-17/h3-15H,1-2H3/b22-15+. The van der Waals surface area contributed by atoms with Crippen molar-refractivity contribution in [2.45, 2.75) is 0 Å². The summed E-state index contributed by atoms with van der Waals surface area (Å²) in [6.45, 7) is 0. The summed E-state index contributed by atoms with van der Waals surface area (Å²) in [6.07, 6.45) is 1.82. The van der Waals surface area contributed by atoms with Crippen LogP contribution in [0.2, 0.25) is 5.02 Å². The molecule has 0 N–H and O–H groups in total. The first kappa shape index (κ1) is 20.4. The highest BCUT2D eigenvalue weighted by Crippen LogP contribution is 2.29. The molecule has 1 heterocycles. The van der Waals surface area contributed by atoms with Gasteiger partial charge in [-0.1, -0.05) is 39.7 Å². The first-order chi connectivity index (χ1) is 14.4. The first-order valence-corrected chi connectivity index (χ1v) is 10.5. The summed E-state index contributed by atoms with van der Waals surface area (Å²) in [7, 11) is 3.99. The Bertz CT molecular complexity index is 1130. The van der Waals surface area contributed by atoms with E-state index < -0.39 is 0 Å². The second-order valence-electron chi connectivity index (χ2n) is 7.07. The lowest BCUT2D eigenvalue weighted by Gasteiger charge is -2.18. The van der Waals surface area contributed by atoms with Crippen LogP contribution in [-0.2, 0) is 4.79 Å². The minimum absolute atomic E-state index is 0.168. The molecule has 4 rings (SSSR count). The van der Waals surface area contributed by atoms with Crippen LogP contribution in [0.15, 0.2) is 88.0 Å². The molecule has 0 spiro atoms. The van der Waals surface area contributed by atoms with E-state index in [9.17, 15) is 4.79 Å². The van der Waals surface area contributed by atoms with Gasteiger partial charge >= 0.3 is 0 Å². The third-order valence-electron chi connectivity index (χ3n) is 4.76. The number of hydrogen-bond donors (Lipinski definition) is 0. The molecule has 1 aliphatic heterocycles. The number of anilines is 2. The van der Waals surface area contributed by atoms with Crippen molar-refractivity contribution in [1.82, 2.24) is 0 Å². The predicted octanol–water partition coefficient (Wildman–Crippen LogP) is 6.00. The molecule has 0 bridgehead atoms. The van der Waals surface area contributed by atoms with Crippen molar-refractivity contribution >= 4 is 56.7 Å². The van der Waals surface area contributed by atoms with Crippen molar-refractivity contribution in [3.63, 3.8) is 0 Å². The number of benzene rings is 3. The zero-order valence-electron chi connectivity index (χ0n) is 16.5. The quantitative estimate of drug-likeness (QED) is 0.429. The molecular formula is C24H19BrClN3O. The Kier molecular flexibility index (Phi) is 5.75. The molecule has 0 fully saturated rings. The zero-order chi connectivity index (χ0) is 21.3. The van der Waals surface area contributed by atoms with E-state index in [2.05, 4.69) is 15.9 Å². The number of carbonyl (C=O) groups excluding carboxylic acids is 1. The van der Waals surface area contributed by atoms with Gasteiger partial charge in [0.25, 0.3) is 5.91 Å². The van der Waals surface area contributed by atoms with Gasteiger partial charge in [-0.25, -0.2) is 4.99 Å². The normalized spacial score (nSPS) is 14.9. The maximum atomic E-state index is 13.3. The number of rotatable bonds is 4. The van der Waals surface area contributed by atoms with Gasteiger partial charge in [0.1, 0.15) is 11.5 Å². The lowest BCUT2D eigenvalue weighted by molar-refractivity contribution is -0.113. The third kappa shape index (κ3) is 4.18. The Balaban J connectivity index is 1.77. The van der Waals surface area contributed by atoms with Crippen LogP contribution in [0.4, 0.5) is 11.4 Å². The Morgan fingerprint density at radius 1 is 0.933 bits per heavy atom. The van der Waals surface area contributed by atoms with Crippen molar-refractivity contribution in [2.24, 2.45) is 4.99 Å². The lowest BCUT2D eigenvalue weighted by Crippen LogP contribution is -2.32. The SMILES string of the molecule is CN(C)c1ccc(/C=C2/N=C(c3ccc(Cl)cc3)N(c3ccc(Br)cc3)C2=O)cc1. The zero-order valence-corrected chi connectivity index (χ0v) is 18.9. The Hall–Kier alpha value is -2.89. The van der Waals surface area contributed by atoms with Crippen LogP contribution in [0.5, 0.6) is 0 Å². The van der Waals surface area contributed by atoms with Crippen molar-refractivity contribution in [2.75, 3.05) is 23.9 Å². The molecule has 0 radical (unpaired) electrons. The number of carbonyl (C=O) groups is 1. The number of amides is 1. The molecule has 0 saturated carbocycles. The monoisotopic (exact) mass is 479 g/mol. The van der Waals surface area contributed by atoms with Crippen LogP contribution in [0, 0.1) is 0 Å². The highest BCUT2D eigenvalue weighted by atomic mass is 79.9. The molecule has 4 nitrogen and oxygen atoms in total. The highest BCUT2D eigenvalue weighted by Gasteiger charge is 2.32. The largest absolute Gasteiger partial charge is 0.378 e. The van der Waals surface area contributed by atoms with Crippen molar-refractivity contribution < 1.29 is 4.79 Å². The van der Waals surface area contributed by atoms with Crippen LogP contribution in [0.1, 0.15) is 11.1 Å². The van der Waals surface area contributed by atoms with E-state index >= 15 is 0 Å². The summed E-state index contributed by atoms with van der Waals surface area (Å²) in [4.78, 5) is 21.7. The second-order valence-corrected chi connectivity index (χ2v) is 8.43. The number of halogens is 2. The van der Waals surface area contributed by atoms with Gasteiger partial charge in [-0.15, -0.1) is 0 Å². The van der Waals surface area contributed by atoms with Crippen LogP contribution in [-0.4, -0.2) is 25.8 Å². The molecule has 1 aliphatic rings. The fourth-order valence-electron chi connectivity index (χ4n) is 3.17. The Labute approximate surface area is 189 Å². The molecule has 3 aromatic rings. The Morgan fingerprint density at radius 2 is 1.57 bits per heavy atom. The molecule has 6 heteroatoms. The molecule has 30 heavy (non-hydrogen) atoms. The average molecular weight is 481 g/mol. The molecule has 0 unspecified atom stereocenters. The molecule has 3 aromatic carbocycles. The summed E-state index contributed by atoms with van der Waals surface area (Å²) >= 11 is 9.49. The van der Waals surface area contributed by atoms with E-state index in [4.69, 9.17) is 16.6 Å². The van der Waals surface area contributed by atoms with Gasteiger partial charge in [-0.05, 0) is 72.3 Å². The molecule has 0 saturated heterocycles. The van der Waals surface area contributed by atoms with Crippen molar-refractivity contribution in [3.05, 3.63) is 99.1 Å². The fourth-order valence-corrected chi connectivity index (χ4v) is 3.56.